The van der Waals surface area contributed by atoms with Crippen LogP contribution in [0.15, 0.2) is 60.7 Å². The number of rotatable bonds is 5. The van der Waals surface area contributed by atoms with Gasteiger partial charge in [-0.25, -0.2) is 0 Å². The summed E-state index contributed by atoms with van der Waals surface area (Å²) in [6.45, 7) is 2.27. The summed E-state index contributed by atoms with van der Waals surface area (Å²) in [5.41, 5.74) is 0. The molecule has 0 bridgehead atoms. The van der Waals surface area contributed by atoms with Crippen molar-refractivity contribution in [3.8, 4) is 0 Å². The molecule has 0 fully saturated rings. The van der Waals surface area contributed by atoms with E-state index in [4.69, 9.17) is 0 Å². The monoisotopic (exact) mass is 287 g/mol. The summed E-state index contributed by atoms with van der Waals surface area (Å²) in [5.74, 6) is 0. The van der Waals surface area contributed by atoms with E-state index in [0.29, 0.717) is 0 Å². The first-order valence-corrected chi connectivity index (χ1v) is 8.82. The minimum atomic E-state index is -0.157. The molecular formula is C18H26NP. The normalized spacial score (nSPS) is 10.0. The summed E-state index contributed by atoms with van der Waals surface area (Å²) in [4.78, 5) is 0. The molecule has 0 spiro atoms. The molecule has 1 N–H and O–H groups in total. The first kappa shape index (κ1) is 16.9. The van der Waals surface area contributed by atoms with Crippen LogP contribution >= 0.6 is 7.92 Å². The number of hydrogen-bond donors (Lipinski definition) is 1. The van der Waals surface area contributed by atoms with Gasteiger partial charge in [0.25, 0.3) is 0 Å². The van der Waals surface area contributed by atoms with Crippen LogP contribution in [0.3, 0.4) is 0 Å². The summed E-state index contributed by atoms with van der Waals surface area (Å²) >= 11 is 0. The van der Waals surface area contributed by atoms with Gasteiger partial charge in [-0.1, -0.05) is 74.0 Å². The molecule has 2 heteroatoms. The van der Waals surface area contributed by atoms with Gasteiger partial charge in [-0.3, -0.25) is 0 Å². The van der Waals surface area contributed by atoms with Crippen molar-refractivity contribution in [2.24, 2.45) is 0 Å². The zero-order valence-corrected chi connectivity index (χ0v) is 13.7. The molecule has 0 aliphatic heterocycles. The zero-order valence-electron chi connectivity index (χ0n) is 12.8. The molecule has 2 aromatic rings. The standard InChI is InChI=1S/C16H19P.C2H7N/c1-2-3-14-17(15-10-6-4-7-11-15)16-12-8-5-9-13-16;1-3-2/h4-13H,2-3,14H2,1H3;3H,1-2H3. The number of unbranched alkanes of at least 4 members (excludes halogenated alkanes) is 1. The summed E-state index contributed by atoms with van der Waals surface area (Å²) in [6.07, 6.45) is 3.90. The highest BCUT2D eigenvalue weighted by molar-refractivity contribution is 7.73. The summed E-state index contributed by atoms with van der Waals surface area (Å²) < 4.78 is 0. The second-order valence-electron chi connectivity index (χ2n) is 4.68. The molecule has 108 valence electrons. The largest absolute Gasteiger partial charge is 0.323 e. The smallest absolute Gasteiger partial charge is 0.0167 e. The third-order valence-electron chi connectivity index (χ3n) is 2.87. The van der Waals surface area contributed by atoms with Crippen LogP contribution in [0.4, 0.5) is 0 Å². The SMILES string of the molecule is CCCCP(c1ccccc1)c1ccccc1.CNC. The van der Waals surface area contributed by atoms with Crippen LogP contribution in [0.5, 0.6) is 0 Å². The van der Waals surface area contributed by atoms with Gasteiger partial charge in [0.05, 0.1) is 0 Å². The Morgan fingerprint density at radius 3 is 1.55 bits per heavy atom. The Hall–Kier alpha value is -1.17. The highest BCUT2D eigenvalue weighted by atomic mass is 31.1. The Bertz CT molecular complexity index is 402. The summed E-state index contributed by atoms with van der Waals surface area (Å²) in [7, 11) is 3.59. The lowest BCUT2D eigenvalue weighted by Crippen LogP contribution is -2.13. The van der Waals surface area contributed by atoms with Crippen LogP contribution in [0.25, 0.3) is 0 Å². The Balaban J connectivity index is 0.000000612. The maximum atomic E-state index is 2.75. The molecule has 0 radical (unpaired) electrons. The second-order valence-corrected chi connectivity index (χ2v) is 7.01. The molecule has 0 aromatic heterocycles. The maximum absolute atomic E-state index is 2.75. The third-order valence-corrected chi connectivity index (χ3v) is 5.48. The highest BCUT2D eigenvalue weighted by Crippen LogP contribution is 2.34. The van der Waals surface area contributed by atoms with E-state index in [2.05, 4.69) is 72.9 Å². The van der Waals surface area contributed by atoms with E-state index in [0.717, 1.165) is 0 Å². The fraction of sp³-hybridized carbons (Fsp3) is 0.333. The van der Waals surface area contributed by atoms with Gasteiger partial charge in [-0.2, -0.15) is 0 Å². The summed E-state index contributed by atoms with van der Waals surface area (Å²) in [5, 5.41) is 5.75. The molecule has 0 saturated heterocycles. The lowest BCUT2D eigenvalue weighted by molar-refractivity contribution is 0.894. The second kappa shape index (κ2) is 10.6. The highest BCUT2D eigenvalue weighted by Gasteiger charge is 2.11. The van der Waals surface area contributed by atoms with Crippen LogP contribution in [-0.4, -0.2) is 20.3 Å². The van der Waals surface area contributed by atoms with Gasteiger partial charge >= 0.3 is 0 Å². The van der Waals surface area contributed by atoms with Gasteiger partial charge in [0, 0.05) is 0 Å². The Morgan fingerprint density at radius 1 is 0.800 bits per heavy atom. The first-order chi connectivity index (χ1) is 9.83. The third kappa shape index (κ3) is 5.86. The molecule has 0 amide bonds. The molecule has 0 aliphatic rings. The molecule has 2 aromatic carbocycles. The van der Waals surface area contributed by atoms with Crippen molar-refractivity contribution in [1.82, 2.24) is 5.32 Å². The number of benzene rings is 2. The fourth-order valence-corrected chi connectivity index (χ4v) is 4.45. The molecule has 2 rings (SSSR count). The average Bonchev–Trinajstić information content (AvgIpc) is 2.51. The van der Waals surface area contributed by atoms with Crippen LogP contribution < -0.4 is 15.9 Å². The molecule has 0 unspecified atom stereocenters. The minimum absolute atomic E-state index is 0.157. The number of hydrogen-bond acceptors (Lipinski definition) is 1. The summed E-state index contributed by atoms with van der Waals surface area (Å²) in [6, 6.07) is 21.9. The quantitative estimate of drug-likeness (QED) is 0.826. The van der Waals surface area contributed by atoms with Crippen LogP contribution in [0.1, 0.15) is 19.8 Å². The van der Waals surface area contributed by atoms with Crippen molar-refractivity contribution < 1.29 is 0 Å². The predicted octanol–water partition coefficient (Wildman–Crippen LogP) is 3.76. The van der Waals surface area contributed by atoms with E-state index in [9.17, 15) is 0 Å². The van der Waals surface area contributed by atoms with Gasteiger partial charge in [0.15, 0.2) is 0 Å². The molecule has 0 heterocycles. The topological polar surface area (TPSA) is 12.0 Å². The molecule has 0 atom stereocenters. The van der Waals surface area contributed by atoms with Crippen LogP contribution in [-0.2, 0) is 0 Å². The zero-order chi connectivity index (χ0) is 14.6. The molecule has 20 heavy (non-hydrogen) atoms. The van der Waals surface area contributed by atoms with Crippen LogP contribution in [0, 0.1) is 0 Å². The number of nitrogens with one attached hydrogen (secondary N) is 1. The lowest BCUT2D eigenvalue weighted by atomic mass is 10.4. The molecule has 0 aliphatic carbocycles. The van der Waals surface area contributed by atoms with E-state index in [1.165, 1.54) is 29.6 Å². The van der Waals surface area contributed by atoms with E-state index in [1.807, 2.05) is 14.1 Å². The van der Waals surface area contributed by atoms with E-state index in [1.54, 1.807) is 0 Å². The molecule has 0 saturated carbocycles. The van der Waals surface area contributed by atoms with Crippen molar-refractivity contribution in [3.63, 3.8) is 0 Å². The van der Waals surface area contributed by atoms with Gasteiger partial charge in [0.1, 0.15) is 0 Å². The van der Waals surface area contributed by atoms with E-state index in [-0.39, 0.29) is 7.92 Å². The average molecular weight is 287 g/mol. The fourth-order valence-electron chi connectivity index (χ4n) is 1.94. The first-order valence-electron chi connectivity index (χ1n) is 7.29. The van der Waals surface area contributed by atoms with Gasteiger partial charge in [0.2, 0.25) is 0 Å². The van der Waals surface area contributed by atoms with Crippen LogP contribution in [0.2, 0.25) is 0 Å². The van der Waals surface area contributed by atoms with Crippen molar-refractivity contribution in [1.29, 1.82) is 0 Å². The van der Waals surface area contributed by atoms with Crippen molar-refractivity contribution in [3.05, 3.63) is 60.7 Å². The van der Waals surface area contributed by atoms with Gasteiger partial charge in [-0.15, -0.1) is 0 Å². The lowest BCUT2D eigenvalue weighted by Gasteiger charge is -2.18. The Kier molecular flexibility index (Phi) is 8.95. The Labute approximate surface area is 125 Å². The van der Waals surface area contributed by atoms with E-state index < -0.39 is 0 Å². The maximum Gasteiger partial charge on any atom is -0.0167 e. The minimum Gasteiger partial charge on any atom is -0.323 e. The van der Waals surface area contributed by atoms with Gasteiger partial charge in [-0.05, 0) is 45.2 Å². The van der Waals surface area contributed by atoms with Crippen molar-refractivity contribution >= 4 is 18.5 Å². The predicted molar refractivity (Wildman–Crippen MR) is 93.8 cm³/mol. The molecule has 1 nitrogen and oxygen atoms in total. The molecular weight excluding hydrogens is 261 g/mol. The van der Waals surface area contributed by atoms with E-state index >= 15 is 0 Å². The van der Waals surface area contributed by atoms with Crippen molar-refractivity contribution in [2.75, 3.05) is 20.3 Å². The Morgan fingerprint density at radius 2 is 1.20 bits per heavy atom. The van der Waals surface area contributed by atoms with Gasteiger partial charge < -0.3 is 5.32 Å². The van der Waals surface area contributed by atoms with Crippen molar-refractivity contribution in [2.45, 2.75) is 19.8 Å².